The van der Waals surface area contributed by atoms with E-state index in [0.29, 0.717) is 0 Å². The van der Waals surface area contributed by atoms with Crippen molar-refractivity contribution in [1.82, 2.24) is 10.2 Å². The summed E-state index contributed by atoms with van der Waals surface area (Å²) in [6, 6.07) is 16.6. The van der Waals surface area contributed by atoms with Crippen LogP contribution in [0.25, 0.3) is 10.8 Å². The maximum absolute atomic E-state index is 3.40. The number of rotatable bonds is 2. The standard InChI is InChI=1S/C16H19N2/c1-13(18-11-9-17-10-12-18)15-8-4-6-14-5-2-3-7-16(14)15/h2-8,17H,9-12H2,1H3. The van der Waals surface area contributed by atoms with Crippen molar-refractivity contribution in [2.45, 2.75) is 6.92 Å². The fourth-order valence-electron chi connectivity index (χ4n) is 2.71. The van der Waals surface area contributed by atoms with Gasteiger partial charge in [0.25, 0.3) is 0 Å². The molecular formula is C16H19N2. The summed E-state index contributed by atoms with van der Waals surface area (Å²) in [6.45, 7) is 6.63. The zero-order valence-electron chi connectivity index (χ0n) is 10.8. The lowest BCUT2D eigenvalue weighted by atomic mass is 9.98. The SMILES string of the molecule is C[C](c1cccc2ccccc12)N1CCNCC1. The van der Waals surface area contributed by atoms with Gasteiger partial charge >= 0.3 is 0 Å². The Balaban J connectivity index is 1.97. The molecule has 2 aromatic carbocycles. The van der Waals surface area contributed by atoms with Crippen molar-refractivity contribution in [1.29, 1.82) is 0 Å². The molecule has 0 atom stereocenters. The number of hydrogen-bond acceptors (Lipinski definition) is 2. The molecule has 1 fully saturated rings. The quantitative estimate of drug-likeness (QED) is 0.866. The number of piperazine rings is 1. The molecule has 1 aliphatic heterocycles. The fraction of sp³-hybridized carbons (Fsp3) is 0.312. The molecular weight excluding hydrogens is 220 g/mol. The minimum absolute atomic E-state index is 1.09. The maximum atomic E-state index is 3.40. The van der Waals surface area contributed by atoms with Gasteiger partial charge in [0.15, 0.2) is 0 Å². The van der Waals surface area contributed by atoms with Gasteiger partial charge in [-0.25, -0.2) is 0 Å². The first-order valence-corrected chi connectivity index (χ1v) is 6.63. The molecule has 1 aliphatic rings. The molecule has 18 heavy (non-hydrogen) atoms. The van der Waals surface area contributed by atoms with Gasteiger partial charge in [0, 0.05) is 26.2 Å². The molecule has 1 heterocycles. The number of nitrogens with one attached hydrogen (secondary N) is 1. The van der Waals surface area contributed by atoms with Gasteiger partial charge in [-0.05, 0) is 23.3 Å². The lowest BCUT2D eigenvalue weighted by Gasteiger charge is -2.32. The highest BCUT2D eigenvalue weighted by atomic mass is 15.2. The van der Waals surface area contributed by atoms with E-state index in [1.165, 1.54) is 22.4 Å². The van der Waals surface area contributed by atoms with E-state index < -0.39 is 0 Å². The average Bonchev–Trinajstić information content (AvgIpc) is 2.47. The Morgan fingerprint density at radius 1 is 1.00 bits per heavy atom. The molecule has 2 nitrogen and oxygen atoms in total. The summed E-state index contributed by atoms with van der Waals surface area (Å²) in [7, 11) is 0. The van der Waals surface area contributed by atoms with Crippen LogP contribution in [0, 0.1) is 6.04 Å². The molecule has 0 bridgehead atoms. The molecule has 93 valence electrons. The van der Waals surface area contributed by atoms with Gasteiger partial charge in [0.05, 0.1) is 6.04 Å². The smallest absolute Gasteiger partial charge is 0.0664 e. The van der Waals surface area contributed by atoms with Gasteiger partial charge in [-0.3, -0.25) is 4.90 Å². The van der Waals surface area contributed by atoms with Gasteiger partial charge in [0.2, 0.25) is 0 Å². The average molecular weight is 239 g/mol. The Morgan fingerprint density at radius 3 is 2.56 bits per heavy atom. The monoisotopic (exact) mass is 239 g/mol. The van der Waals surface area contributed by atoms with Crippen LogP contribution in [0.4, 0.5) is 0 Å². The van der Waals surface area contributed by atoms with E-state index in [0.717, 1.165) is 26.2 Å². The fourth-order valence-corrected chi connectivity index (χ4v) is 2.71. The Hall–Kier alpha value is -1.38. The van der Waals surface area contributed by atoms with Gasteiger partial charge < -0.3 is 5.32 Å². The minimum atomic E-state index is 1.09. The Morgan fingerprint density at radius 2 is 1.72 bits per heavy atom. The summed E-state index contributed by atoms with van der Waals surface area (Å²) < 4.78 is 0. The number of hydrogen-bond donors (Lipinski definition) is 1. The normalized spacial score (nSPS) is 17.4. The van der Waals surface area contributed by atoms with Crippen molar-refractivity contribution in [3.63, 3.8) is 0 Å². The summed E-state index contributed by atoms with van der Waals surface area (Å²) in [5.41, 5.74) is 1.37. The van der Waals surface area contributed by atoms with Crippen molar-refractivity contribution in [3.8, 4) is 0 Å². The van der Waals surface area contributed by atoms with E-state index >= 15 is 0 Å². The number of benzene rings is 2. The Labute approximate surface area is 109 Å². The third-order valence-corrected chi connectivity index (χ3v) is 3.77. The van der Waals surface area contributed by atoms with Crippen LogP contribution in [-0.2, 0) is 0 Å². The minimum Gasteiger partial charge on any atom is -0.314 e. The zero-order chi connectivity index (χ0) is 12.4. The van der Waals surface area contributed by atoms with Crippen LogP contribution >= 0.6 is 0 Å². The summed E-state index contributed by atoms with van der Waals surface area (Å²) in [5, 5.41) is 6.08. The van der Waals surface area contributed by atoms with E-state index in [4.69, 9.17) is 0 Å². The molecule has 2 aromatic rings. The largest absolute Gasteiger partial charge is 0.314 e. The van der Waals surface area contributed by atoms with E-state index in [1.807, 2.05) is 0 Å². The Kier molecular flexibility index (Phi) is 3.31. The molecule has 0 aromatic heterocycles. The van der Waals surface area contributed by atoms with Crippen LogP contribution in [0.5, 0.6) is 0 Å². The molecule has 1 radical (unpaired) electrons. The first-order chi connectivity index (χ1) is 8.86. The third kappa shape index (κ3) is 2.14. The third-order valence-electron chi connectivity index (χ3n) is 3.77. The molecule has 0 spiro atoms. The molecule has 3 rings (SSSR count). The molecule has 2 heteroatoms. The second-order valence-corrected chi connectivity index (χ2v) is 4.85. The van der Waals surface area contributed by atoms with Crippen LogP contribution in [-0.4, -0.2) is 31.1 Å². The molecule has 1 N–H and O–H groups in total. The van der Waals surface area contributed by atoms with Crippen molar-refractivity contribution < 1.29 is 0 Å². The second kappa shape index (κ2) is 5.09. The summed E-state index contributed by atoms with van der Waals surface area (Å²) in [4.78, 5) is 2.48. The van der Waals surface area contributed by atoms with Crippen LogP contribution < -0.4 is 5.32 Å². The van der Waals surface area contributed by atoms with Crippen LogP contribution in [0.2, 0.25) is 0 Å². The van der Waals surface area contributed by atoms with E-state index in [9.17, 15) is 0 Å². The van der Waals surface area contributed by atoms with E-state index in [1.54, 1.807) is 0 Å². The van der Waals surface area contributed by atoms with Crippen molar-refractivity contribution in [2.75, 3.05) is 26.2 Å². The molecule has 1 saturated heterocycles. The van der Waals surface area contributed by atoms with Crippen LogP contribution in [0.3, 0.4) is 0 Å². The van der Waals surface area contributed by atoms with Crippen molar-refractivity contribution in [2.24, 2.45) is 0 Å². The summed E-state index contributed by atoms with van der Waals surface area (Å²) >= 11 is 0. The van der Waals surface area contributed by atoms with E-state index in [-0.39, 0.29) is 0 Å². The highest BCUT2D eigenvalue weighted by Crippen LogP contribution is 2.27. The Bertz CT molecular complexity index is 524. The van der Waals surface area contributed by atoms with Gasteiger partial charge in [-0.2, -0.15) is 0 Å². The van der Waals surface area contributed by atoms with Gasteiger partial charge in [-0.15, -0.1) is 0 Å². The van der Waals surface area contributed by atoms with Crippen LogP contribution in [0.15, 0.2) is 42.5 Å². The first kappa shape index (κ1) is 11.7. The first-order valence-electron chi connectivity index (χ1n) is 6.63. The molecule has 0 aliphatic carbocycles. The number of nitrogens with zero attached hydrogens (tertiary/aromatic N) is 1. The lowest BCUT2D eigenvalue weighted by Crippen LogP contribution is -2.44. The summed E-state index contributed by atoms with van der Waals surface area (Å²) in [5.74, 6) is 0. The second-order valence-electron chi connectivity index (χ2n) is 4.85. The van der Waals surface area contributed by atoms with E-state index in [2.05, 4.69) is 59.6 Å². The predicted molar refractivity (Wildman–Crippen MR) is 76.4 cm³/mol. The summed E-state index contributed by atoms with van der Waals surface area (Å²) in [6.07, 6.45) is 0. The molecule has 0 amide bonds. The van der Waals surface area contributed by atoms with Gasteiger partial charge in [0.1, 0.15) is 0 Å². The van der Waals surface area contributed by atoms with Crippen LogP contribution in [0.1, 0.15) is 12.5 Å². The highest BCUT2D eigenvalue weighted by molar-refractivity contribution is 5.87. The van der Waals surface area contributed by atoms with Crippen molar-refractivity contribution in [3.05, 3.63) is 54.1 Å². The van der Waals surface area contributed by atoms with Crippen molar-refractivity contribution >= 4 is 10.8 Å². The molecule has 0 unspecified atom stereocenters. The lowest BCUT2D eigenvalue weighted by molar-refractivity contribution is 0.266. The van der Waals surface area contributed by atoms with Gasteiger partial charge in [-0.1, -0.05) is 42.5 Å². The highest BCUT2D eigenvalue weighted by Gasteiger charge is 2.19. The maximum Gasteiger partial charge on any atom is 0.0664 e. The topological polar surface area (TPSA) is 15.3 Å². The molecule has 0 saturated carbocycles. The predicted octanol–water partition coefficient (Wildman–Crippen LogP) is 2.64. The number of fused-ring (bicyclic) bond motifs is 1. The zero-order valence-corrected chi connectivity index (χ0v) is 10.8.